The molecule has 3 rings (SSSR count). The quantitative estimate of drug-likeness (QED) is 0.316. The van der Waals surface area contributed by atoms with Crippen LogP contribution in [0.2, 0.25) is 13.1 Å². The third-order valence-corrected chi connectivity index (χ3v) is 14.1. The van der Waals surface area contributed by atoms with E-state index in [9.17, 15) is 0 Å². The summed E-state index contributed by atoms with van der Waals surface area (Å²) in [5.41, 5.74) is 10.1. The fourth-order valence-corrected chi connectivity index (χ4v) is 12.8. The molecule has 0 aromatic carbocycles. The molecule has 0 N–H and O–H groups in total. The second kappa shape index (κ2) is 8.15. The van der Waals surface area contributed by atoms with Gasteiger partial charge in [0.05, 0.1) is 0 Å². The van der Waals surface area contributed by atoms with Gasteiger partial charge >= 0.3 is 176 Å². The first kappa shape index (κ1) is 20.7. The Bertz CT molecular complexity index is 872. The van der Waals surface area contributed by atoms with Crippen LogP contribution < -0.4 is 0 Å². The van der Waals surface area contributed by atoms with Crippen molar-refractivity contribution in [1.29, 1.82) is 0 Å². The van der Waals surface area contributed by atoms with E-state index in [1.807, 2.05) is 0 Å². The van der Waals surface area contributed by atoms with Crippen LogP contribution in [0.3, 0.4) is 0 Å². The predicted molar refractivity (Wildman–Crippen MR) is 116 cm³/mol. The molecule has 0 aliphatic heterocycles. The van der Waals surface area contributed by atoms with Crippen LogP contribution in [0.25, 0.3) is 0 Å². The van der Waals surface area contributed by atoms with Gasteiger partial charge in [-0.3, -0.25) is 0 Å². The topological polar surface area (TPSA) is 0 Å². The van der Waals surface area contributed by atoms with Crippen LogP contribution in [0.1, 0.15) is 40.5 Å². The molecule has 0 heterocycles. The first-order valence-electron chi connectivity index (χ1n) is 9.37. The van der Waals surface area contributed by atoms with E-state index < -0.39 is 27.5 Å². The Labute approximate surface area is 175 Å². The molecule has 1 unspecified atom stereocenters. The third kappa shape index (κ3) is 3.52. The Hall–Kier alpha value is -0.0230. The van der Waals surface area contributed by atoms with Crippen molar-refractivity contribution in [3.05, 3.63) is 66.6 Å². The molecular weight excluding hydrogens is 542 g/mol. The standard InChI is InChI=1S/C22H27Si.2ClH.Hf/c1-7-17-13-18-9-8-10-20(23(5)6)16(4)21(18)22(17)19-11-14(2)15(3)12-19;;;/h8-11,16H,7,12H2,1-6H3;2*1H;/q;;;+2/p-2. The summed E-state index contributed by atoms with van der Waals surface area (Å²) >= 11 is -2.74. The van der Waals surface area contributed by atoms with Gasteiger partial charge in [-0.1, -0.05) is 0 Å². The fourth-order valence-electron chi connectivity index (χ4n) is 4.45. The molecule has 0 nitrogen and oxygen atoms in total. The van der Waals surface area contributed by atoms with Gasteiger partial charge in [-0.15, -0.1) is 0 Å². The molecule has 0 amide bonds. The first-order valence-corrected chi connectivity index (χ1v) is 22.6. The van der Waals surface area contributed by atoms with Crippen molar-refractivity contribution in [2.24, 2.45) is 5.92 Å². The number of halogens is 2. The van der Waals surface area contributed by atoms with Gasteiger partial charge in [-0.05, 0) is 0 Å². The molecule has 0 bridgehead atoms. The summed E-state index contributed by atoms with van der Waals surface area (Å²) in [6.45, 7) is 13.9. The van der Waals surface area contributed by atoms with Crippen LogP contribution in [0, 0.1) is 5.92 Å². The van der Waals surface area contributed by atoms with Gasteiger partial charge in [-0.2, -0.15) is 0 Å². The molecule has 26 heavy (non-hydrogen) atoms. The third-order valence-electron chi connectivity index (χ3n) is 5.83. The van der Waals surface area contributed by atoms with Crippen LogP contribution in [0.15, 0.2) is 66.6 Å². The van der Waals surface area contributed by atoms with Gasteiger partial charge in [0.15, 0.2) is 0 Å². The summed E-state index contributed by atoms with van der Waals surface area (Å²) in [5.74, 6) is 0.443. The number of hydrogen-bond acceptors (Lipinski definition) is 0. The first-order chi connectivity index (χ1) is 12.3. The zero-order valence-corrected chi connectivity index (χ0v) is 22.7. The summed E-state index contributed by atoms with van der Waals surface area (Å²) in [6.07, 6.45) is 11.3. The van der Waals surface area contributed by atoms with Crippen molar-refractivity contribution in [1.82, 2.24) is 0 Å². The van der Waals surface area contributed by atoms with E-state index in [0.717, 1.165) is 12.8 Å². The van der Waals surface area contributed by atoms with Gasteiger partial charge in [0, 0.05) is 0 Å². The summed E-state index contributed by atoms with van der Waals surface area (Å²) in [4.78, 5) is 0. The Morgan fingerprint density at radius 2 is 1.92 bits per heavy atom. The minimum atomic E-state index is -2.74. The van der Waals surface area contributed by atoms with E-state index in [1.54, 1.807) is 5.17 Å². The van der Waals surface area contributed by atoms with Crippen LogP contribution in [-0.4, -0.2) is 13.6 Å². The molecule has 1 atom stereocenters. The number of rotatable bonds is 3. The minimum absolute atomic E-state index is 0.443. The molecule has 0 saturated carbocycles. The molecule has 137 valence electrons. The van der Waals surface area contributed by atoms with Crippen LogP contribution in [0.4, 0.5) is 0 Å². The molecule has 4 heteroatoms. The van der Waals surface area contributed by atoms with E-state index in [1.165, 1.54) is 42.3 Å². The molecule has 0 aromatic rings. The molecule has 0 radical (unpaired) electrons. The summed E-state index contributed by atoms with van der Waals surface area (Å²) in [7, 11) is 12.9. The molecule has 0 saturated heterocycles. The maximum absolute atomic E-state index is 6.71. The second-order valence-corrected chi connectivity index (χ2v) is 21.7. The predicted octanol–water partition coefficient (Wildman–Crippen LogP) is 7.19. The van der Waals surface area contributed by atoms with Crippen molar-refractivity contribution in [2.75, 3.05) is 0 Å². The Morgan fingerprint density at radius 3 is 2.42 bits per heavy atom. The monoisotopic (exact) mass is 569 g/mol. The second-order valence-electron chi connectivity index (χ2n) is 7.68. The van der Waals surface area contributed by atoms with E-state index in [0.29, 0.717) is 5.92 Å². The fraction of sp³-hybridized carbons (Fsp3) is 0.409. The van der Waals surface area contributed by atoms with E-state index in [-0.39, 0.29) is 0 Å². The number of allylic oxidation sites excluding steroid dienone is 12. The van der Waals surface area contributed by atoms with E-state index >= 15 is 0 Å². The van der Waals surface area contributed by atoms with Crippen molar-refractivity contribution < 1.29 is 19.1 Å². The van der Waals surface area contributed by atoms with Crippen LogP contribution >= 0.6 is 17.2 Å². The summed E-state index contributed by atoms with van der Waals surface area (Å²) < 4.78 is 1.34. The van der Waals surface area contributed by atoms with Gasteiger partial charge in [0.25, 0.3) is 0 Å². The van der Waals surface area contributed by atoms with Crippen molar-refractivity contribution in [3.63, 3.8) is 0 Å². The number of hydrogen-bond donors (Lipinski definition) is 0. The molecule has 3 aliphatic carbocycles. The zero-order valence-electron chi connectivity index (χ0n) is 16.6. The van der Waals surface area contributed by atoms with E-state index in [2.05, 4.69) is 65.1 Å². The molecule has 3 aliphatic rings. The average molecular weight is 569 g/mol. The zero-order chi connectivity index (χ0) is 19.2. The van der Waals surface area contributed by atoms with Crippen molar-refractivity contribution >= 4 is 30.7 Å². The van der Waals surface area contributed by atoms with Gasteiger partial charge in [-0.25, -0.2) is 0 Å². The van der Waals surface area contributed by atoms with Crippen LogP contribution in [-0.2, 0) is 19.1 Å². The van der Waals surface area contributed by atoms with Gasteiger partial charge in [0.1, 0.15) is 0 Å². The van der Waals surface area contributed by atoms with Gasteiger partial charge < -0.3 is 0 Å². The Balaban J connectivity index is 2.29. The van der Waals surface area contributed by atoms with Crippen molar-refractivity contribution in [3.8, 4) is 0 Å². The summed E-state index contributed by atoms with van der Waals surface area (Å²) in [5, 5.41) is 1.60. The Kier molecular flexibility index (Phi) is 6.49. The average Bonchev–Trinajstić information content (AvgIpc) is 3.01. The molecule has 0 fully saturated rings. The maximum atomic E-state index is 6.71. The number of fused-ring (bicyclic) bond motifs is 1. The normalized spacial score (nSPS) is 22.8. The van der Waals surface area contributed by atoms with Crippen molar-refractivity contribution in [2.45, 2.75) is 53.6 Å². The van der Waals surface area contributed by atoms with Gasteiger partial charge in [0.2, 0.25) is 0 Å². The Morgan fingerprint density at radius 1 is 1.23 bits per heavy atom. The van der Waals surface area contributed by atoms with E-state index in [4.69, 9.17) is 17.2 Å². The molecule has 0 spiro atoms. The molecule has 0 aromatic heterocycles. The SMILES string of the molecule is CCC1=[C]([Hf]([Cl])[Cl])C2=CC=CC(=[Si](C)C)C(C)C2=C1C1=CC(C)=C(C)C1. The molecular formula is C22H27Cl2HfSi. The van der Waals surface area contributed by atoms with Crippen LogP contribution in [0.5, 0.6) is 0 Å². The summed E-state index contributed by atoms with van der Waals surface area (Å²) in [6, 6.07) is 0.